The summed E-state index contributed by atoms with van der Waals surface area (Å²) >= 11 is 0. The first kappa shape index (κ1) is 19.9. The minimum Gasteiger partial charge on any atom is -0.353 e. The van der Waals surface area contributed by atoms with Crippen LogP contribution in [0.25, 0.3) is 0 Å². The number of nitrogens with zero attached hydrogens (tertiary/aromatic N) is 1. The number of carbonyl (C=O) groups excluding carboxylic acids is 1. The quantitative estimate of drug-likeness (QED) is 0.836. The molecule has 1 aromatic carbocycles. The van der Waals surface area contributed by atoms with Gasteiger partial charge in [0.25, 0.3) is 0 Å². The second kappa shape index (κ2) is 8.67. The zero-order chi connectivity index (χ0) is 16.2. The van der Waals surface area contributed by atoms with Gasteiger partial charge in [0.1, 0.15) is 0 Å². The third kappa shape index (κ3) is 5.48. The highest BCUT2D eigenvalue weighted by Crippen LogP contribution is 2.22. The van der Waals surface area contributed by atoms with Gasteiger partial charge in [-0.25, -0.2) is 0 Å². The van der Waals surface area contributed by atoms with Crippen molar-refractivity contribution < 1.29 is 4.79 Å². The van der Waals surface area contributed by atoms with Gasteiger partial charge in [0, 0.05) is 25.7 Å². The molecule has 0 aliphatic carbocycles. The van der Waals surface area contributed by atoms with Crippen molar-refractivity contribution in [2.24, 2.45) is 17.1 Å². The molecule has 1 saturated heterocycles. The molecule has 1 fully saturated rings. The van der Waals surface area contributed by atoms with Crippen molar-refractivity contribution in [3.63, 3.8) is 0 Å². The van der Waals surface area contributed by atoms with E-state index in [4.69, 9.17) is 5.73 Å². The molecule has 1 amide bonds. The number of carbonyl (C=O) groups is 1. The molecule has 0 spiro atoms. The Hall–Kier alpha value is -1.10. The van der Waals surface area contributed by atoms with Gasteiger partial charge in [0.2, 0.25) is 5.91 Å². The van der Waals surface area contributed by atoms with Crippen LogP contribution in [0.15, 0.2) is 30.3 Å². The SMILES string of the molecule is CC(NC(=O)C(C)(C)CN)C1CCN(Cc2ccccc2)C1.Cl. The van der Waals surface area contributed by atoms with Crippen LogP contribution in [-0.4, -0.2) is 36.5 Å². The Morgan fingerprint density at radius 2 is 2.04 bits per heavy atom. The van der Waals surface area contributed by atoms with E-state index in [-0.39, 0.29) is 24.4 Å². The van der Waals surface area contributed by atoms with Crippen LogP contribution in [0.2, 0.25) is 0 Å². The van der Waals surface area contributed by atoms with Crippen LogP contribution >= 0.6 is 12.4 Å². The maximum atomic E-state index is 12.2. The van der Waals surface area contributed by atoms with Crippen molar-refractivity contribution in [3.05, 3.63) is 35.9 Å². The molecule has 2 rings (SSSR count). The molecular formula is C18H30ClN3O. The van der Waals surface area contributed by atoms with Crippen molar-refractivity contribution in [1.29, 1.82) is 0 Å². The minimum atomic E-state index is -0.489. The number of halogens is 1. The molecule has 5 heteroatoms. The van der Waals surface area contributed by atoms with Gasteiger partial charge >= 0.3 is 0 Å². The Labute approximate surface area is 146 Å². The summed E-state index contributed by atoms with van der Waals surface area (Å²) in [6, 6.07) is 10.7. The molecule has 1 aliphatic heterocycles. The second-order valence-electron chi connectivity index (χ2n) is 7.12. The molecule has 1 heterocycles. The smallest absolute Gasteiger partial charge is 0.227 e. The summed E-state index contributed by atoms with van der Waals surface area (Å²) in [6.45, 7) is 9.40. The summed E-state index contributed by atoms with van der Waals surface area (Å²) in [7, 11) is 0. The fraction of sp³-hybridized carbons (Fsp3) is 0.611. The zero-order valence-corrected chi connectivity index (χ0v) is 15.2. The van der Waals surface area contributed by atoms with Gasteiger partial charge in [-0.1, -0.05) is 30.3 Å². The highest BCUT2D eigenvalue weighted by molar-refractivity contribution is 5.85. The summed E-state index contributed by atoms with van der Waals surface area (Å²) in [6.07, 6.45) is 1.14. The first-order valence-electron chi connectivity index (χ1n) is 8.19. The van der Waals surface area contributed by atoms with Gasteiger partial charge in [-0.05, 0) is 45.2 Å². The van der Waals surface area contributed by atoms with Crippen LogP contribution in [-0.2, 0) is 11.3 Å². The zero-order valence-electron chi connectivity index (χ0n) is 14.4. The number of nitrogens with two attached hydrogens (primary N) is 1. The monoisotopic (exact) mass is 339 g/mol. The summed E-state index contributed by atoms with van der Waals surface area (Å²) in [5.74, 6) is 0.574. The second-order valence-corrected chi connectivity index (χ2v) is 7.12. The number of hydrogen-bond donors (Lipinski definition) is 2. The van der Waals surface area contributed by atoms with Crippen molar-refractivity contribution in [1.82, 2.24) is 10.2 Å². The summed E-state index contributed by atoms with van der Waals surface area (Å²) in [5, 5.41) is 3.15. The van der Waals surface area contributed by atoms with Crippen molar-refractivity contribution >= 4 is 18.3 Å². The van der Waals surface area contributed by atoms with Gasteiger partial charge in [-0.2, -0.15) is 0 Å². The molecule has 130 valence electrons. The lowest BCUT2D eigenvalue weighted by Crippen LogP contribution is -2.47. The van der Waals surface area contributed by atoms with E-state index in [0.29, 0.717) is 12.5 Å². The van der Waals surface area contributed by atoms with Crippen LogP contribution in [0.1, 0.15) is 32.8 Å². The van der Waals surface area contributed by atoms with E-state index < -0.39 is 5.41 Å². The van der Waals surface area contributed by atoms with Gasteiger partial charge < -0.3 is 11.1 Å². The number of likely N-dealkylation sites (tertiary alicyclic amines) is 1. The molecule has 0 aromatic heterocycles. The fourth-order valence-electron chi connectivity index (χ4n) is 2.87. The Balaban J connectivity index is 0.00000264. The van der Waals surface area contributed by atoms with E-state index in [1.54, 1.807) is 0 Å². The molecule has 0 saturated carbocycles. The summed E-state index contributed by atoms with van der Waals surface area (Å²) in [5.41, 5.74) is 6.54. The maximum Gasteiger partial charge on any atom is 0.227 e. The predicted molar refractivity (Wildman–Crippen MR) is 97.5 cm³/mol. The van der Waals surface area contributed by atoms with E-state index in [1.807, 2.05) is 19.9 Å². The van der Waals surface area contributed by atoms with Crippen molar-refractivity contribution in [3.8, 4) is 0 Å². The van der Waals surface area contributed by atoms with E-state index >= 15 is 0 Å². The van der Waals surface area contributed by atoms with Crippen molar-refractivity contribution in [2.75, 3.05) is 19.6 Å². The average molecular weight is 340 g/mol. The lowest BCUT2D eigenvalue weighted by molar-refractivity contribution is -0.129. The third-order valence-corrected chi connectivity index (χ3v) is 4.75. The molecular weight excluding hydrogens is 310 g/mol. The fourth-order valence-corrected chi connectivity index (χ4v) is 2.87. The van der Waals surface area contributed by atoms with Crippen LogP contribution in [0.5, 0.6) is 0 Å². The minimum absolute atomic E-state index is 0. The number of nitrogens with one attached hydrogen (secondary N) is 1. The van der Waals surface area contributed by atoms with Crippen LogP contribution < -0.4 is 11.1 Å². The summed E-state index contributed by atoms with van der Waals surface area (Å²) < 4.78 is 0. The van der Waals surface area contributed by atoms with Gasteiger partial charge in [-0.15, -0.1) is 12.4 Å². The van der Waals surface area contributed by atoms with Crippen LogP contribution in [0.4, 0.5) is 0 Å². The molecule has 23 heavy (non-hydrogen) atoms. The molecule has 4 nitrogen and oxygen atoms in total. The molecule has 3 N–H and O–H groups in total. The van der Waals surface area contributed by atoms with Gasteiger partial charge in [-0.3, -0.25) is 9.69 Å². The Bertz CT molecular complexity index is 492. The third-order valence-electron chi connectivity index (χ3n) is 4.75. The molecule has 0 radical (unpaired) electrons. The van der Waals surface area contributed by atoms with Crippen LogP contribution in [0.3, 0.4) is 0 Å². The average Bonchev–Trinajstić information content (AvgIpc) is 2.96. The molecule has 1 aromatic rings. The Morgan fingerprint density at radius 3 is 2.65 bits per heavy atom. The van der Waals surface area contributed by atoms with E-state index in [2.05, 4.69) is 41.4 Å². The predicted octanol–water partition coefficient (Wildman–Crippen LogP) is 2.42. The lowest BCUT2D eigenvalue weighted by atomic mass is 9.91. The number of amides is 1. The number of hydrogen-bond acceptors (Lipinski definition) is 3. The first-order valence-corrected chi connectivity index (χ1v) is 8.19. The first-order chi connectivity index (χ1) is 10.4. The van der Waals surface area contributed by atoms with E-state index in [0.717, 1.165) is 26.1 Å². The van der Waals surface area contributed by atoms with Gasteiger partial charge in [0.15, 0.2) is 0 Å². The topological polar surface area (TPSA) is 58.4 Å². The van der Waals surface area contributed by atoms with E-state index in [9.17, 15) is 4.79 Å². The van der Waals surface area contributed by atoms with Gasteiger partial charge in [0.05, 0.1) is 5.41 Å². The Kier molecular flexibility index (Phi) is 7.52. The normalized spacial score (nSPS) is 19.9. The highest BCUT2D eigenvalue weighted by Gasteiger charge is 2.31. The highest BCUT2D eigenvalue weighted by atomic mass is 35.5. The molecule has 2 atom stereocenters. The maximum absolute atomic E-state index is 12.2. The molecule has 1 aliphatic rings. The Morgan fingerprint density at radius 1 is 1.39 bits per heavy atom. The van der Waals surface area contributed by atoms with Crippen LogP contribution in [0, 0.1) is 11.3 Å². The summed E-state index contributed by atoms with van der Waals surface area (Å²) in [4.78, 5) is 14.7. The largest absolute Gasteiger partial charge is 0.353 e. The number of rotatable bonds is 6. The van der Waals surface area contributed by atoms with E-state index in [1.165, 1.54) is 5.56 Å². The number of benzene rings is 1. The molecule has 0 bridgehead atoms. The molecule has 2 unspecified atom stereocenters. The van der Waals surface area contributed by atoms with Crippen molar-refractivity contribution in [2.45, 2.75) is 39.8 Å². The standard InChI is InChI=1S/C18H29N3O.ClH/c1-14(20-17(22)18(2,3)13-19)16-9-10-21(12-16)11-15-7-5-4-6-8-15;/h4-8,14,16H,9-13,19H2,1-3H3,(H,20,22);1H. The lowest BCUT2D eigenvalue weighted by Gasteiger charge is -2.27.